The number of carbonyl (C=O) groups is 2. The second kappa shape index (κ2) is 8.68. The first-order valence-corrected chi connectivity index (χ1v) is 8.67. The maximum Gasteiger partial charge on any atom is 0.319 e. The summed E-state index contributed by atoms with van der Waals surface area (Å²) in [4.78, 5) is 24.4. The van der Waals surface area contributed by atoms with Gasteiger partial charge in [0.2, 0.25) is 0 Å². The lowest BCUT2D eigenvalue weighted by molar-refractivity contribution is 0.102. The van der Waals surface area contributed by atoms with Gasteiger partial charge >= 0.3 is 6.03 Å². The Kier molecular flexibility index (Phi) is 5.86. The molecule has 3 aromatic rings. The normalized spacial score (nSPS) is 10.2. The van der Waals surface area contributed by atoms with E-state index in [9.17, 15) is 9.59 Å². The molecular formula is C21H20N4O3. The molecule has 0 radical (unpaired) electrons. The molecule has 0 bridgehead atoms. The van der Waals surface area contributed by atoms with Crippen LogP contribution in [0.25, 0.3) is 11.3 Å². The Bertz CT molecular complexity index is 979. The molecule has 3 rings (SSSR count). The van der Waals surface area contributed by atoms with Crippen LogP contribution in [-0.2, 0) is 0 Å². The highest BCUT2D eigenvalue weighted by atomic mass is 16.5. The van der Waals surface area contributed by atoms with Crippen LogP contribution in [0.4, 0.5) is 16.2 Å². The van der Waals surface area contributed by atoms with Crippen molar-refractivity contribution in [2.45, 2.75) is 6.92 Å². The van der Waals surface area contributed by atoms with Gasteiger partial charge in [0, 0.05) is 23.5 Å². The predicted octanol–water partition coefficient (Wildman–Crippen LogP) is 4.21. The second-order valence-corrected chi connectivity index (χ2v) is 5.98. The summed E-state index contributed by atoms with van der Waals surface area (Å²) >= 11 is 0. The van der Waals surface area contributed by atoms with Crippen LogP contribution in [0.2, 0.25) is 0 Å². The van der Waals surface area contributed by atoms with Crippen LogP contribution in [0.3, 0.4) is 0 Å². The molecule has 3 amide bonds. The van der Waals surface area contributed by atoms with E-state index in [-0.39, 0.29) is 11.9 Å². The SMILES string of the molecule is C=CCNC(=O)Nc1ccc(NC(=O)c2c(-c3ccccc3)noc2C)cc1. The number of urea groups is 1. The first kappa shape index (κ1) is 18.9. The van der Waals surface area contributed by atoms with Gasteiger partial charge in [0.1, 0.15) is 17.0 Å². The predicted molar refractivity (Wildman–Crippen MR) is 108 cm³/mol. The van der Waals surface area contributed by atoms with Crippen LogP contribution in [0.1, 0.15) is 16.1 Å². The first-order valence-electron chi connectivity index (χ1n) is 8.67. The topological polar surface area (TPSA) is 96.3 Å². The fourth-order valence-corrected chi connectivity index (χ4v) is 2.60. The number of nitrogens with one attached hydrogen (secondary N) is 3. The van der Waals surface area contributed by atoms with Gasteiger partial charge in [-0.2, -0.15) is 0 Å². The van der Waals surface area contributed by atoms with Gasteiger partial charge in [0.25, 0.3) is 5.91 Å². The zero-order valence-corrected chi connectivity index (χ0v) is 15.4. The second-order valence-electron chi connectivity index (χ2n) is 5.98. The molecule has 0 unspecified atom stereocenters. The van der Waals surface area contributed by atoms with Crippen molar-refractivity contribution < 1.29 is 14.1 Å². The molecule has 7 heteroatoms. The maximum absolute atomic E-state index is 12.8. The minimum Gasteiger partial charge on any atom is -0.360 e. The standard InChI is InChI=1S/C21H20N4O3/c1-3-13-22-21(27)24-17-11-9-16(10-12-17)23-20(26)18-14(2)28-25-19(18)15-7-5-4-6-8-15/h3-12H,1,13H2,2H3,(H,23,26)(H2,22,24,27). The van der Waals surface area contributed by atoms with Crippen LogP contribution < -0.4 is 16.0 Å². The number of hydrogen-bond acceptors (Lipinski definition) is 4. The average Bonchev–Trinajstić information content (AvgIpc) is 3.10. The molecule has 0 saturated heterocycles. The summed E-state index contributed by atoms with van der Waals surface area (Å²) in [7, 11) is 0. The minimum absolute atomic E-state index is 0.318. The number of rotatable bonds is 6. The molecule has 0 spiro atoms. The first-order chi connectivity index (χ1) is 13.6. The van der Waals surface area contributed by atoms with E-state index in [0.29, 0.717) is 34.9 Å². The van der Waals surface area contributed by atoms with Crippen molar-refractivity contribution in [2.75, 3.05) is 17.2 Å². The number of benzene rings is 2. The molecule has 28 heavy (non-hydrogen) atoms. The fourth-order valence-electron chi connectivity index (χ4n) is 2.60. The van der Waals surface area contributed by atoms with Gasteiger partial charge in [-0.25, -0.2) is 4.79 Å². The zero-order valence-electron chi connectivity index (χ0n) is 15.4. The third-order valence-electron chi connectivity index (χ3n) is 3.94. The van der Waals surface area contributed by atoms with Gasteiger partial charge < -0.3 is 20.5 Å². The van der Waals surface area contributed by atoms with Crippen molar-refractivity contribution in [3.8, 4) is 11.3 Å². The van der Waals surface area contributed by atoms with Crippen LogP contribution in [0.5, 0.6) is 0 Å². The molecule has 7 nitrogen and oxygen atoms in total. The summed E-state index contributed by atoms with van der Waals surface area (Å²) in [5.41, 5.74) is 2.87. The molecule has 0 fully saturated rings. The number of carbonyl (C=O) groups excluding carboxylic acids is 2. The molecule has 0 aliphatic heterocycles. The molecule has 142 valence electrons. The molecule has 3 N–H and O–H groups in total. The molecule has 0 aliphatic rings. The van der Waals surface area contributed by atoms with Gasteiger partial charge in [0.05, 0.1) is 0 Å². The maximum atomic E-state index is 12.8. The highest BCUT2D eigenvalue weighted by Gasteiger charge is 2.21. The Balaban J connectivity index is 1.71. The summed E-state index contributed by atoms with van der Waals surface area (Å²) in [5.74, 6) is 0.121. The Hall–Kier alpha value is -3.87. The Morgan fingerprint density at radius 3 is 2.32 bits per heavy atom. The number of aryl methyl sites for hydroxylation is 1. The summed E-state index contributed by atoms with van der Waals surface area (Å²) in [6.07, 6.45) is 1.59. The fraction of sp³-hybridized carbons (Fsp3) is 0.0952. The summed E-state index contributed by atoms with van der Waals surface area (Å²) in [6, 6.07) is 15.8. The van der Waals surface area contributed by atoms with Crippen molar-refractivity contribution >= 4 is 23.3 Å². The largest absolute Gasteiger partial charge is 0.360 e. The lowest BCUT2D eigenvalue weighted by Gasteiger charge is -2.08. The molecule has 0 aliphatic carbocycles. The Morgan fingerprint density at radius 1 is 1.04 bits per heavy atom. The van der Waals surface area contributed by atoms with Crippen LogP contribution >= 0.6 is 0 Å². The average molecular weight is 376 g/mol. The highest BCUT2D eigenvalue weighted by molar-refractivity contribution is 6.08. The lowest BCUT2D eigenvalue weighted by atomic mass is 10.1. The molecule has 0 atom stereocenters. The monoisotopic (exact) mass is 376 g/mol. The van der Waals surface area contributed by atoms with E-state index in [1.807, 2.05) is 30.3 Å². The zero-order chi connectivity index (χ0) is 19.9. The van der Waals surface area contributed by atoms with Crippen molar-refractivity contribution in [3.63, 3.8) is 0 Å². The van der Waals surface area contributed by atoms with E-state index in [1.165, 1.54) is 0 Å². The van der Waals surface area contributed by atoms with Gasteiger partial charge in [-0.15, -0.1) is 6.58 Å². The van der Waals surface area contributed by atoms with Crippen molar-refractivity contribution in [2.24, 2.45) is 0 Å². The van der Waals surface area contributed by atoms with Crippen LogP contribution in [-0.4, -0.2) is 23.6 Å². The molecule has 2 aromatic carbocycles. The van der Waals surface area contributed by atoms with E-state index >= 15 is 0 Å². The van der Waals surface area contributed by atoms with E-state index in [4.69, 9.17) is 4.52 Å². The summed E-state index contributed by atoms with van der Waals surface area (Å²) in [6.45, 7) is 5.61. The molecule has 1 aromatic heterocycles. The Labute approximate surface area is 162 Å². The number of hydrogen-bond donors (Lipinski definition) is 3. The summed E-state index contributed by atoms with van der Waals surface area (Å²) in [5, 5.41) is 12.2. The van der Waals surface area contributed by atoms with Crippen LogP contribution in [0, 0.1) is 6.92 Å². The van der Waals surface area contributed by atoms with Gasteiger partial charge in [-0.1, -0.05) is 41.6 Å². The van der Waals surface area contributed by atoms with Crippen molar-refractivity contribution in [1.82, 2.24) is 10.5 Å². The Morgan fingerprint density at radius 2 is 1.68 bits per heavy atom. The van der Waals surface area contributed by atoms with Gasteiger partial charge in [-0.05, 0) is 31.2 Å². The van der Waals surface area contributed by atoms with E-state index in [0.717, 1.165) is 5.56 Å². The van der Waals surface area contributed by atoms with E-state index in [2.05, 4.69) is 27.7 Å². The van der Waals surface area contributed by atoms with E-state index in [1.54, 1.807) is 37.3 Å². The van der Waals surface area contributed by atoms with Gasteiger partial charge in [0.15, 0.2) is 0 Å². The van der Waals surface area contributed by atoms with Gasteiger partial charge in [-0.3, -0.25) is 4.79 Å². The molecule has 1 heterocycles. The molecular weight excluding hydrogens is 356 g/mol. The number of nitrogens with zero attached hydrogens (tertiary/aromatic N) is 1. The van der Waals surface area contributed by atoms with E-state index < -0.39 is 0 Å². The van der Waals surface area contributed by atoms with Crippen molar-refractivity contribution in [3.05, 3.63) is 78.6 Å². The quantitative estimate of drug-likeness (QED) is 0.562. The highest BCUT2D eigenvalue weighted by Crippen LogP contribution is 2.26. The third-order valence-corrected chi connectivity index (χ3v) is 3.94. The smallest absolute Gasteiger partial charge is 0.319 e. The summed E-state index contributed by atoms with van der Waals surface area (Å²) < 4.78 is 5.23. The number of amides is 3. The van der Waals surface area contributed by atoms with Crippen LogP contribution in [0.15, 0.2) is 71.8 Å². The minimum atomic E-state index is -0.329. The number of aromatic nitrogens is 1. The molecule has 0 saturated carbocycles. The lowest BCUT2D eigenvalue weighted by Crippen LogP contribution is -2.28. The third kappa shape index (κ3) is 4.45. The van der Waals surface area contributed by atoms with Crippen molar-refractivity contribution in [1.29, 1.82) is 0 Å². The number of anilines is 2.